The third-order valence-corrected chi connectivity index (χ3v) is 5.94. The van der Waals surface area contributed by atoms with E-state index in [-0.39, 0.29) is 11.8 Å². The molecule has 0 saturated heterocycles. The fourth-order valence-corrected chi connectivity index (χ4v) is 4.38. The molecule has 2 aromatic carbocycles. The molecule has 2 aromatic heterocycles. The van der Waals surface area contributed by atoms with Crippen molar-refractivity contribution in [3.8, 4) is 5.00 Å². The lowest BCUT2D eigenvalue weighted by Gasteiger charge is -2.12. The average molecular weight is 375 g/mol. The number of aromatic nitrogens is 1. The van der Waals surface area contributed by atoms with E-state index in [0.29, 0.717) is 6.54 Å². The van der Waals surface area contributed by atoms with Gasteiger partial charge in [-0.25, -0.2) is 0 Å². The van der Waals surface area contributed by atoms with Gasteiger partial charge < -0.3 is 9.88 Å². The molecule has 0 saturated carbocycles. The molecule has 0 aliphatic rings. The van der Waals surface area contributed by atoms with Gasteiger partial charge in [0.05, 0.1) is 10.4 Å². The Hall–Kier alpha value is -2.85. The third kappa shape index (κ3) is 3.53. The van der Waals surface area contributed by atoms with Crippen LogP contribution in [0.3, 0.4) is 0 Å². The van der Waals surface area contributed by atoms with Crippen LogP contribution in [0.2, 0.25) is 0 Å². The first-order valence-electron chi connectivity index (χ1n) is 9.14. The summed E-state index contributed by atoms with van der Waals surface area (Å²) in [7, 11) is 0. The number of aryl methyl sites for hydroxylation is 1. The second-order valence-electron chi connectivity index (χ2n) is 6.84. The van der Waals surface area contributed by atoms with Crippen molar-refractivity contribution in [1.82, 2.24) is 9.88 Å². The maximum atomic E-state index is 12.6. The van der Waals surface area contributed by atoms with E-state index in [4.69, 9.17) is 0 Å². The summed E-state index contributed by atoms with van der Waals surface area (Å²) in [6.07, 6.45) is 0. The zero-order valence-electron chi connectivity index (χ0n) is 15.5. The van der Waals surface area contributed by atoms with E-state index in [1.54, 1.807) is 0 Å². The van der Waals surface area contributed by atoms with Crippen LogP contribution in [0.15, 0.2) is 72.8 Å². The van der Waals surface area contributed by atoms with Crippen LogP contribution in [0.5, 0.6) is 0 Å². The van der Waals surface area contributed by atoms with Crippen molar-refractivity contribution < 1.29 is 4.79 Å². The van der Waals surface area contributed by atoms with Crippen molar-refractivity contribution >= 4 is 28.1 Å². The fraction of sp³-hybridized carbons (Fsp3) is 0.174. The van der Waals surface area contributed by atoms with E-state index in [1.165, 1.54) is 33.5 Å². The molecular weight excluding hydrogens is 352 g/mol. The van der Waals surface area contributed by atoms with Gasteiger partial charge in [0, 0.05) is 17.6 Å². The van der Waals surface area contributed by atoms with Crippen molar-refractivity contribution in [3.05, 3.63) is 88.9 Å². The molecule has 1 N–H and O–H groups in total. The van der Waals surface area contributed by atoms with Crippen LogP contribution < -0.4 is 5.32 Å². The SMILES string of the molecule is Cc1cc2ccccc2n1-c1ccc(C(=O)NC[C@H](C)c2ccccc2)s1. The number of nitrogens with zero attached hydrogens (tertiary/aromatic N) is 1. The van der Waals surface area contributed by atoms with E-state index in [1.807, 2.05) is 42.5 Å². The third-order valence-electron chi connectivity index (χ3n) is 4.87. The smallest absolute Gasteiger partial charge is 0.261 e. The number of para-hydroxylation sites is 1. The van der Waals surface area contributed by atoms with Gasteiger partial charge in [0.1, 0.15) is 5.00 Å². The van der Waals surface area contributed by atoms with Gasteiger partial charge in [-0.1, -0.05) is 55.5 Å². The lowest BCUT2D eigenvalue weighted by atomic mass is 10.0. The Morgan fingerprint density at radius 1 is 1.04 bits per heavy atom. The van der Waals surface area contributed by atoms with Crippen LogP contribution in [0.25, 0.3) is 15.9 Å². The van der Waals surface area contributed by atoms with Gasteiger partial charge in [-0.15, -0.1) is 11.3 Å². The lowest BCUT2D eigenvalue weighted by molar-refractivity contribution is 0.0955. The summed E-state index contributed by atoms with van der Waals surface area (Å²) in [6.45, 7) is 4.85. The summed E-state index contributed by atoms with van der Waals surface area (Å²) in [5.41, 5.74) is 3.57. The predicted octanol–water partition coefficient (Wildman–Crippen LogP) is 5.53. The topological polar surface area (TPSA) is 34.0 Å². The highest BCUT2D eigenvalue weighted by Crippen LogP contribution is 2.28. The van der Waals surface area contributed by atoms with Gasteiger partial charge in [-0.2, -0.15) is 0 Å². The first-order chi connectivity index (χ1) is 13.1. The molecule has 0 unspecified atom stereocenters. The Labute approximate surface area is 163 Å². The normalized spacial score (nSPS) is 12.2. The van der Waals surface area contributed by atoms with Crippen molar-refractivity contribution in [2.45, 2.75) is 19.8 Å². The van der Waals surface area contributed by atoms with E-state index in [2.05, 4.69) is 54.1 Å². The first-order valence-corrected chi connectivity index (χ1v) is 9.95. The van der Waals surface area contributed by atoms with Gasteiger partial charge in [0.2, 0.25) is 0 Å². The summed E-state index contributed by atoms with van der Waals surface area (Å²) >= 11 is 1.53. The molecule has 0 bridgehead atoms. The minimum Gasteiger partial charge on any atom is -0.351 e. The van der Waals surface area contributed by atoms with E-state index >= 15 is 0 Å². The largest absolute Gasteiger partial charge is 0.351 e. The minimum absolute atomic E-state index is 0.0110. The molecule has 1 atom stereocenters. The highest BCUT2D eigenvalue weighted by atomic mass is 32.1. The quantitative estimate of drug-likeness (QED) is 0.489. The summed E-state index contributed by atoms with van der Waals surface area (Å²) in [5.74, 6) is 0.272. The number of fused-ring (bicyclic) bond motifs is 1. The number of thiophene rings is 1. The van der Waals surface area contributed by atoms with E-state index < -0.39 is 0 Å². The van der Waals surface area contributed by atoms with E-state index in [9.17, 15) is 4.79 Å². The van der Waals surface area contributed by atoms with Crippen molar-refractivity contribution in [3.63, 3.8) is 0 Å². The maximum Gasteiger partial charge on any atom is 0.261 e. The molecule has 4 rings (SSSR count). The lowest BCUT2D eigenvalue weighted by Crippen LogP contribution is -2.26. The number of hydrogen-bond acceptors (Lipinski definition) is 2. The second kappa shape index (κ2) is 7.41. The number of nitrogens with one attached hydrogen (secondary N) is 1. The summed E-state index contributed by atoms with van der Waals surface area (Å²) in [6, 6.07) is 24.7. The highest BCUT2D eigenvalue weighted by Gasteiger charge is 2.14. The molecule has 0 spiro atoms. The van der Waals surface area contributed by atoms with E-state index in [0.717, 1.165) is 9.88 Å². The van der Waals surface area contributed by atoms with Crippen LogP contribution in [0, 0.1) is 6.92 Å². The first kappa shape index (κ1) is 17.6. The van der Waals surface area contributed by atoms with Crippen LogP contribution in [0.4, 0.5) is 0 Å². The molecular formula is C23H22N2OS. The number of carbonyl (C=O) groups is 1. The van der Waals surface area contributed by atoms with Crippen LogP contribution >= 0.6 is 11.3 Å². The molecule has 4 heteroatoms. The number of amides is 1. The zero-order chi connectivity index (χ0) is 18.8. The van der Waals surface area contributed by atoms with Gasteiger partial charge in [-0.05, 0) is 42.7 Å². The monoisotopic (exact) mass is 374 g/mol. The molecule has 0 aliphatic heterocycles. The molecule has 4 aromatic rings. The Bertz CT molecular complexity index is 1080. The van der Waals surface area contributed by atoms with Gasteiger partial charge in [-0.3, -0.25) is 4.79 Å². The summed E-state index contributed by atoms with van der Waals surface area (Å²) in [5, 5.41) is 5.35. The summed E-state index contributed by atoms with van der Waals surface area (Å²) in [4.78, 5) is 13.3. The zero-order valence-corrected chi connectivity index (χ0v) is 16.3. The molecule has 1 amide bonds. The molecule has 3 nitrogen and oxygen atoms in total. The Kier molecular flexibility index (Phi) is 4.82. The van der Waals surface area contributed by atoms with Gasteiger partial charge >= 0.3 is 0 Å². The summed E-state index contributed by atoms with van der Waals surface area (Å²) < 4.78 is 2.21. The number of hydrogen-bond donors (Lipinski definition) is 1. The van der Waals surface area contributed by atoms with Crippen molar-refractivity contribution in [2.75, 3.05) is 6.54 Å². The fourth-order valence-electron chi connectivity index (χ4n) is 3.39. The molecule has 0 radical (unpaired) electrons. The van der Waals surface area contributed by atoms with Crippen LogP contribution in [0.1, 0.15) is 33.8 Å². The van der Waals surface area contributed by atoms with Gasteiger partial charge in [0.15, 0.2) is 0 Å². The molecule has 0 aliphatic carbocycles. The van der Waals surface area contributed by atoms with Crippen LogP contribution in [-0.2, 0) is 0 Å². The van der Waals surface area contributed by atoms with Crippen LogP contribution in [-0.4, -0.2) is 17.0 Å². The molecule has 2 heterocycles. The molecule has 27 heavy (non-hydrogen) atoms. The Balaban J connectivity index is 1.50. The highest BCUT2D eigenvalue weighted by molar-refractivity contribution is 7.16. The van der Waals surface area contributed by atoms with Crippen molar-refractivity contribution in [2.24, 2.45) is 0 Å². The number of rotatable bonds is 5. The van der Waals surface area contributed by atoms with Gasteiger partial charge in [0.25, 0.3) is 5.91 Å². The maximum absolute atomic E-state index is 12.6. The predicted molar refractivity (Wildman–Crippen MR) is 113 cm³/mol. The molecule has 0 fully saturated rings. The Morgan fingerprint density at radius 3 is 2.59 bits per heavy atom. The molecule has 136 valence electrons. The van der Waals surface area contributed by atoms with Crippen molar-refractivity contribution in [1.29, 1.82) is 0 Å². The minimum atomic E-state index is -0.0110. The second-order valence-corrected chi connectivity index (χ2v) is 7.90. The number of carbonyl (C=O) groups excluding carboxylic acids is 1. The standard InChI is InChI=1S/C23H22N2OS/c1-16(18-8-4-3-5-9-18)15-24-23(26)21-12-13-22(27-21)25-17(2)14-19-10-6-7-11-20(19)25/h3-14,16H,15H2,1-2H3,(H,24,26)/t16-/m0/s1. The average Bonchev–Trinajstić information content (AvgIpc) is 3.30. The Morgan fingerprint density at radius 2 is 1.78 bits per heavy atom. The number of benzene rings is 2.